The van der Waals surface area contributed by atoms with Gasteiger partial charge in [0, 0.05) is 6.04 Å². The highest BCUT2D eigenvalue weighted by Crippen LogP contribution is 2.13. The molecule has 1 atom stereocenters. The SMILES string of the molecule is CCN(C)C1C=C(C)C=CC1. The fourth-order valence-corrected chi connectivity index (χ4v) is 1.36. The van der Waals surface area contributed by atoms with Crippen LogP contribution < -0.4 is 0 Å². The number of hydrogen-bond donors (Lipinski definition) is 0. The van der Waals surface area contributed by atoms with Crippen LogP contribution >= 0.6 is 0 Å². The van der Waals surface area contributed by atoms with Crippen molar-refractivity contribution in [2.45, 2.75) is 26.3 Å². The Bertz CT molecular complexity index is 179. The molecule has 1 nitrogen and oxygen atoms in total. The highest BCUT2D eigenvalue weighted by molar-refractivity contribution is 5.23. The Hall–Kier alpha value is -0.560. The van der Waals surface area contributed by atoms with Gasteiger partial charge in [0.25, 0.3) is 0 Å². The van der Waals surface area contributed by atoms with Gasteiger partial charge in [0.05, 0.1) is 0 Å². The van der Waals surface area contributed by atoms with Crippen molar-refractivity contribution in [1.29, 1.82) is 0 Å². The van der Waals surface area contributed by atoms with Crippen molar-refractivity contribution in [3.8, 4) is 0 Å². The third-order valence-corrected chi connectivity index (χ3v) is 2.28. The lowest BCUT2D eigenvalue weighted by Gasteiger charge is -2.25. The summed E-state index contributed by atoms with van der Waals surface area (Å²) in [5.41, 5.74) is 1.39. The van der Waals surface area contributed by atoms with E-state index >= 15 is 0 Å². The fourth-order valence-electron chi connectivity index (χ4n) is 1.36. The second kappa shape index (κ2) is 3.72. The van der Waals surface area contributed by atoms with Gasteiger partial charge in [0.1, 0.15) is 0 Å². The Labute approximate surface area is 69.4 Å². The van der Waals surface area contributed by atoms with Crippen LogP contribution in [0.3, 0.4) is 0 Å². The Balaban J connectivity index is 2.56. The molecule has 0 aromatic rings. The van der Waals surface area contributed by atoms with E-state index in [1.807, 2.05) is 0 Å². The van der Waals surface area contributed by atoms with E-state index in [1.54, 1.807) is 0 Å². The van der Waals surface area contributed by atoms with Crippen LogP contribution in [0.4, 0.5) is 0 Å². The Morgan fingerprint density at radius 2 is 2.36 bits per heavy atom. The first-order valence-electron chi connectivity index (χ1n) is 4.29. The summed E-state index contributed by atoms with van der Waals surface area (Å²) in [6.45, 7) is 5.48. The Morgan fingerprint density at radius 1 is 1.64 bits per heavy atom. The molecule has 0 spiro atoms. The predicted molar refractivity (Wildman–Crippen MR) is 49.6 cm³/mol. The molecule has 0 aromatic heterocycles. The molecule has 1 rings (SSSR count). The van der Waals surface area contributed by atoms with E-state index in [1.165, 1.54) is 12.0 Å². The molecule has 0 fully saturated rings. The summed E-state index contributed by atoms with van der Waals surface area (Å²) < 4.78 is 0. The van der Waals surface area contributed by atoms with Gasteiger partial charge in [-0.25, -0.2) is 0 Å². The minimum atomic E-state index is 0.630. The van der Waals surface area contributed by atoms with Crippen molar-refractivity contribution in [2.24, 2.45) is 0 Å². The van der Waals surface area contributed by atoms with Crippen molar-refractivity contribution >= 4 is 0 Å². The molecule has 0 radical (unpaired) electrons. The zero-order valence-corrected chi connectivity index (χ0v) is 7.67. The van der Waals surface area contributed by atoms with Crippen LogP contribution in [0.2, 0.25) is 0 Å². The average Bonchev–Trinajstić information content (AvgIpc) is 2.03. The largest absolute Gasteiger partial charge is 0.300 e. The summed E-state index contributed by atoms with van der Waals surface area (Å²) in [6.07, 6.45) is 7.96. The van der Waals surface area contributed by atoms with E-state index in [-0.39, 0.29) is 0 Å². The molecule has 0 aromatic carbocycles. The monoisotopic (exact) mass is 151 g/mol. The highest BCUT2D eigenvalue weighted by Gasteiger charge is 2.10. The summed E-state index contributed by atoms with van der Waals surface area (Å²) in [5, 5.41) is 0. The van der Waals surface area contributed by atoms with E-state index in [2.05, 4.69) is 44.0 Å². The van der Waals surface area contributed by atoms with Crippen LogP contribution in [-0.4, -0.2) is 24.5 Å². The molecule has 0 heterocycles. The minimum Gasteiger partial charge on any atom is -0.300 e. The third kappa shape index (κ3) is 2.19. The highest BCUT2D eigenvalue weighted by atomic mass is 15.1. The second-order valence-electron chi connectivity index (χ2n) is 3.19. The van der Waals surface area contributed by atoms with E-state index in [0.717, 1.165) is 6.54 Å². The smallest absolute Gasteiger partial charge is 0.0315 e. The predicted octanol–water partition coefficient (Wildman–Crippen LogP) is 2.21. The van der Waals surface area contributed by atoms with Crippen molar-refractivity contribution < 1.29 is 0 Å². The standard InChI is InChI=1S/C10H17N/c1-4-11(3)10-7-5-6-9(2)8-10/h5-6,8,10H,4,7H2,1-3H3. The second-order valence-corrected chi connectivity index (χ2v) is 3.19. The first-order chi connectivity index (χ1) is 5.24. The zero-order chi connectivity index (χ0) is 8.27. The lowest BCUT2D eigenvalue weighted by Crippen LogP contribution is -2.30. The summed E-state index contributed by atoms with van der Waals surface area (Å²) in [5.74, 6) is 0. The first-order valence-corrected chi connectivity index (χ1v) is 4.29. The van der Waals surface area contributed by atoms with Gasteiger partial charge in [-0.15, -0.1) is 0 Å². The van der Waals surface area contributed by atoms with E-state index in [9.17, 15) is 0 Å². The Kier molecular flexibility index (Phi) is 2.89. The summed E-state index contributed by atoms with van der Waals surface area (Å²) in [4.78, 5) is 2.37. The van der Waals surface area contributed by atoms with Crippen LogP contribution in [0.5, 0.6) is 0 Å². The van der Waals surface area contributed by atoms with Crippen molar-refractivity contribution in [1.82, 2.24) is 4.90 Å². The lowest BCUT2D eigenvalue weighted by atomic mass is 10.0. The maximum atomic E-state index is 2.37. The molecular weight excluding hydrogens is 134 g/mol. The quantitative estimate of drug-likeness (QED) is 0.585. The number of rotatable bonds is 2. The maximum absolute atomic E-state index is 2.37. The van der Waals surface area contributed by atoms with E-state index in [0.29, 0.717) is 6.04 Å². The maximum Gasteiger partial charge on any atom is 0.0315 e. The first kappa shape index (κ1) is 8.54. The van der Waals surface area contributed by atoms with Gasteiger partial charge >= 0.3 is 0 Å². The number of allylic oxidation sites excluding steroid dienone is 2. The van der Waals surface area contributed by atoms with Crippen molar-refractivity contribution in [2.75, 3.05) is 13.6 Å². The fraction of sp³-hybridized carbons (Fsp3) is 0.600. The molecule has 11 heavy (non-hydrogen) atoms. The van der Waals surface area contributed by atoms with Gasteiger partial charge < -0.3 is 0 Å². The van der Waals surface area contributed by atoms with Gasteiger partial charge in [-0.3, -0.25) is 4.90 Å². The number of hydrogen-bond acceptors (Lipinski definition) is 1. The third-order valence-electron chi connectivity index (χ3n) is 2.28. The van der Waals surface area contributed by atoms with Crippen LogP contribution in [0.15, 0.2) is 23.8 Å². The van der Waals surface area contributed by atoms with Gasteiger partial charge in [0.15, 0.2) is 0 Å². The Morgan fingerprint density at radius 3 is 2.91 bits per heavy atom. The van der Waals surface area contributed by atoms with Gasteiger partial charge in [0.2, 0.25) is 0 Å². The molecule has 0 amide bonds. The van der Waals surface area contributed by atoms with Gasteiger partial charge in [-0.05, 0) is 26.9 Å². The number of likely N-dealkylation sites (N-methyl/N-ethyl adjacent to an activating group) is 1. The zero-order valence-electron chi connectivity index (χ0n) is 7.67. The van der Waals surface area contributed by atoms with Gasteiger partial charge in [-0.2, -0.15) is 0 Å². The lowest BCUT2D eigenvalue weighted by molar-refractivity contribution is 0.296. The molecule has 1 unspecified atom stereocenters. The van der Waals surface area contributed by atoms with Crippen LogP contribution in [0.25, 0.3) is 0 Å². The van der Waals surface area contributed by atoms with Crippen molar-refractivity contribution in [3.63, 3.8) is 0 Å². The summed E-state index contributed by atoms with van der Waals surface area (Å²) >= 11 is 0. The van der Waals surface area contributed by atoms with Gasteiger partial charge in [-0.1, -0.05) is 30.7 Å². The van der Waals surface area contributed by atoms with E-state index in [4.69, 9.17) is 0 Å². The molecule has 0 aliphatic heterocycles. The summed E-state index contributed by atoms with van der Waals surface area (Å²) in [6, 6.07) is 0.630. The minimum absolute atomic E-state index is 0.630. The molecule has 0 saturated heterocycles. The van der Waals surface area contributed by atoms with E-state index < -0.39 is 0 Å². The molecule has 1 heteroatoms. The topological polar surface area (TPSA) is 3.24 Å². The normalized spacial score (nSPS) is 24.0. The van der Waals surface area contributed by atoms with Crippen LogP contribution in [-0.2, 0) is 0 Å². The molecule has 0 saturated carbocycles. The van der Waals surface area contributed by atoms with Crippen molar-refractivity contribution in [3.05, 3.63) is 23.8 Å². The molecule has 0 bridgehead atoms. The average molecular weight is 151 g/mol. The molecule has 0 N–H and O–H groups in total. The molecule has 1 aliphatic carbocycles. The molecule has 62 valence electrons. The molecule has 1 aliphatic rings. The number of nitrogens with zero attached hydrogens (tertiary/aromatic N) is 1. The van der Waals surface area contributed by atoms with Crippen LogP contribution in [0.1, 0.15) is 20.3 Å². The summed E-state index contributed by atoms with van der Waals surface area (Å²) in [7, 11) is 2.17. The van der Waals surface area contributed by atoms with Crippen LogP contribution in [0, 0.1) is 0 Å². The molecular formula is C10H17N.